The zero-order chi connectivity index (χ0) is 13.8. The molecular formula is C15H24O4. The first-order valence-electron chi connectivity index (χ1n) is 7.52. The van der Waals surface area contributed by atoms with Gasteiger partial charge in [-0.1, -0.05) is 13.8 Å². The normalized spacial score (nSPS) is 53.4. The van der Waals surface area contributed by atoms with Crippen molar-refractivity contribution in [1.82, 2.24) is 0 Å². The second kappa shape index (κ2) is 4.45. The van der Waals surface area contributed by atoms with E-state index in [0.29, 0.717) is 12.5 Å². The number of aliphatic hydroxyl groups is 1. The van der Waals surface area contributed by atoms with Crippen molar-refractivity contribution in [2.75, 3.05) is 0 Å². The van der Waals surface area contributed by atoms with Gasteiger partial charge in [0, 0.05) is 0 Å². The fourth-order valence-electron chi connectivity index (χ4n) is 4.77. The van der Waals surface area contributed by atoms with Crippen molar-refractivity contribution in [3.8, 4) is 0 Å². The Morgan fingerprint density at radius 3 is 2.58 bits per heavy atom. The van der Waals surface area contributed by atoms with Gasteiger partial charge in [0.05, 0.1) is 23.7 Å². The van der Waals surface area contributed by atoms with Gasteiger partial charge in [-0.25, -0.2) is 0 Å². The van der Waals surface area contributed by atoms with Crippen LogP contribution in [0.4, 0.5) is 0 Å². The van der Waals surface area contributed by atoms with Gasteiger partial charge in [0.1, 0.15) is 0 Å². The Balaban J connectivity index is 1.89. The minimum Gasteiger partial charge on any atom is -0.481 e. The van der Waals surface area contributed by atoms with Crippen molar-refractivity contribution in [1.29, 1.82) is 0 Å². The van der Waals surface area contributed by atoms with Crippen LogP contribution in [0.1, 0.15) is 46.0 Å². The summed E-state index contributed by atoms with van der Waals surface area (Å²) in [5.74, 6) is -0.0372. The molecule has 0 aromatic heterocycles. The molecule has 0 aromatic carbocycles. The first-order valence-corrected chi connectivity index (χ1v) is 7.52. The third-order valence-electron chi connectivity index (χ3n) is 5.89. The van der Waals surface area contributed by atoms with Crippen LogP contribution in [0.3, 0.4) is 0 Å². The van der Waals surface area contributed by atoms with Gasteiger partial charge in [-0.15, -0.1) is 0 Å². The van der Waals surface area contributed by atoms with Crippen molar-refractivity contribution < 1.29 is 19.7 Å². The minimum atomic E-state index is -0.651. The lowest BCUT2D eigenvalue weighted by molar-refractivity contribution is -0.164. The van der Waals surface area contributed by atoms with E-state index in [2.05, 4.69) is 13.8 Å². The van der Waals surface area contributed by atoms with E-state index in [1.54, 1.807) is 0 Å². The predicted molar refractivity (Wildman–Crippen MR) is 69.6 cm³/mol. The Kier molecular flexibility index (Phi) is 3.13. The van der Waals surface area contributed by atoms with Crippen molar-refractivity contribution in [2.45, 2.75) is 64.3 Å². The minimum absolute atomic E-state index is 0.163. The number of carboxylic acids is 1. The molecule has 1 aliphatic heterocycles. The van der Waals surface area contributed by atoms with Gasteiger partial charge >= 0.3 is 5.97 Å². The number of aliphatic hydroxyl groups excluding tert-OH is 1. The molecule has 2 saturated carbocycles. The first-order chi connectivity index (χ1) is 8.95. The number of hydrogen-bond donors (Lipinski definition) is 2. The van der Waals surface area contributed by atoms with E-state index < -0.39 is 11.4 Å². The summed E-state index contributed by atoms with van der Waals surface area (Å²) in [7, 11) is 0. The molecule has 7 unspecified atom stereocenters. The molecule has 1 saturated heterocycles. The van der Waals surface area contributed by atoms with Crippen LogP contribution in [-0.4, -0.2) is 34.5 Å². The highest BCUT2D eigenvalue weighted by Gasteiger charge is 2.61. The Bertz CT molecular complexity index is 382. The summed E-state index contributed by atoms with van der Waals surface area (Å²) in [6.45, 7) is 4.17. The molecule has 0 aromatic rings. The van der Waals surface area contributed by atoms with E-state index in [9.17, 15) is 15.0 Å². The SMILES string of the molecule is CC1CC(O)CCC1C1(C(=O)O)CC2OC2CC1C. The van der Waals surface area contributed by atoms with Crippen LogP contribution in [0.5, 0.6) is 0 Å². The van der Waals surface area contributed by atoms with Crippen LogP contribution in [0.25, 0.3) is 0 Å². The predicted octanol–water partition coefficient (Wildman–Crippen LogP) is 2.05. The zero-order valence-corrected chi connectivity index (χ0v) is 11.7. The van der Waals surface area contributed by atoms with Crippen LogP contribution in [0.15, 0.2) is 0 Å². The van der Waals surface area contributed by atoms with Gasteiger partial charge in [-0.05, 0) is 49.9 Å². The summed E-state index contributed by atoms with van der Waals surface area (Å²) >= 11 is 0. The Labute approximate surface area is 114 Å². The second-order valence-corrected chi connectivity index (χ2v) is 6.95. The third kappa shape index (κ3) is 2.00. The molecule has 108 valence electrons. The molecule has 0 spiro atoms. The van der Waals surface area contributed by atoms with Gasteiger partial charge in [0.25, 0.3) is 0 Å². The van der Waals surface area contributed by atoms with Crippen LogP contribution in [0.2, 0.25) is 0 Å². The lowest BCUT2D eigenvalue weighted by Crippen LogP contribution is -2.51. The number of aliphatic carboxylic acids is 1. The molecule has 0 bridgehead atoms. The number of carboxylic acid groups (broad SMARTS) is 1. The van der Waals surface area contributed by atoms with Crippen LogP contribution < -0.4 is 0 Å². The van der Waals surface area contributed by atoms with E-state index in [0.717, 1.165) is 25.7 Å². The van der Waals surface area contributed by atoms with Gasteiger partial charge in [-0.3, -0.25) is 4.79 Å². The Hall–Kier alpha value is -0.610. The molecule has 4 heteroatoms. The van der Waals surface area contributed by atoms with Gasteiger partial charge < -0.3 is 14.9 Å². The number of epoxide rings is 1. The summed E-state index contributed by atoms with van der Waals surface area (Å²) < 4.78 is 5.59. The summed E-state index contributed by atoms with van der Waals surface area (Å²) in [5.41, 5.74) is -0.642. The van der Waals surface area contributed by atoms with E-state index >= 15 is 0 Å². The number of fused-ring (bicyclic) bond motifs is 1. The topological polar surface area (TPSA) is 70.1 Å². The van der Waals surface area contributed by atoms with Crippen molar-refractivity contribution >= 4 is 5.97 Å². The summed E-state index contributed by atoms with van der Waals surface area (Å²) in [5, 5.41) is 19.7. The quantitative estimate of drug-likeness (QED) is 0.752. The molecule has 3 rings (SSSR count). The first kappa shape index (κ1) is 13.4. The van der Waals surface area contributed by atoms with Crippen molar-refractivity contribution in [2.24, 2.45) is 23.2 Å². The maximum Gasteiger partial charge on any atom is 0.310 e. The number of carbonyl (C=O) groups is 1. The van der Waals surface area contributed by atoms with Crippen LogP contribution >= 0.6 is 0 Å². The number of ether oxygens (including phenoxy) is 1. The number of hydrogen-bond acceptors (Lipinski definition) is 3. The van der Waals surface area contributed by atoms with E-state index in [1.165, 1.54) is 0 Å². The van der Waals surface area contributed by atoms with Gasteiger partial charge in [0.15, 0.2) is 0 Å². The fourth-order valence-corrected chi connectivity index (χ4v) is 4.77. The average Bonchev–Trinajstić information content (AvgIpc) is 3.05. The van der Waals surface area contributed by atoms with E-state index in [1.807, 2.05) is 0 Å². The molecule has 4 nitrogen and oxygen atoms in total. The zero-order valence-electron chi connectivity index (χ0n) is 11.7. The molecule has 7 atom stereocenters. The second-order valence-electron chi connectivity index (χ2n) is 6.95. The third-order valence-corrected chi connectivity index (χ3v) is 5.89. The van der Waals surface area contributed by atoms with Gasteiger partial charge in [0.2, 0.25) is 0 Å². The maximum atomic E-state index is 12.1. The highest BCUT2D eigenvalue weighted by Crippen LogP contribution is 2.57. The van der Waals surface area contributed by atoms with Crippen LogP contribution in [0, 0.1) is 23.2 Å². The number of rotatable bonds is 2. The molecule has 2 N–H and O–H groups in total. The molecular weight excluding hydrogens is 244 g/mol. The summed E-state index contributed by atoms with van der Waals surface area (Å²) in [4.78, 5) is 12.1. The summed E-state index contributed by atoms with van der Waals surface area (Å²) in [6, 6.07) is 0. The summed E-state index contributed by atoms with van der Waals surface area (Å²) in [6.07, 6.45) is 4.09. The largest absolute Gasteiger partial charge is 0.481 e. The lowest BCUT2D eigenvalue weighted by Gasteiger charge is -2.48. The molecule has 19 heavy (non-hydrogen) atoms. The molecule has 0 amide bonds. The molecule has 0 radical (unpaired) electrons. The monoisotopic (exact) mass is 268 g/mol. The lowest BCUT2D eigenvalue weighted by atomic mass is 9.54. The van der Waals surface area contributed by atoms with Crippen LogP contribution in [-0.2, 0) is 9.53 Å². The molecule has 1 heterocycles. The highest BCUT2D eigenvalue weighted by atomic mass is 16.6. The molecule has 3 aliphatic rings. The maximum absolute atomic E-state index is 12.1. The molecule has 2 aliphatic carbocycles. The van der Waals surface area contributed by atoms with Crippen molar-refractivity contribution in [3.05, 3.63) is 0 Å². The smallest absolute Gasteiger partial charge is 0.310 e. The Morgan fingerprint density at radius 1 is 1.21 bits per heavy atom. The highest BCUT2D eigenvalue weighted by molar-refractivity contribution is 5.76. The van der Waals surface area contributed by atoms with Gasteiger partial charge in [-0.2, -0.15) is 0 Å². The molecule has 3 fully saturated rings. The standard InChI is InChI=1S/C15H24O4/c1-8-5-10(16)3-4-11(8)15(14(17)18)7-13-12(19-13)6-9(15)2/h8-13,16H,3-7H2,1-2H3,(H,17,18). The van der Waals surface area contributed by atoms with E-state index in [-0.39, 0.29) is 30.0 Å². The van der Waals surface area contributed by atoms with Crippen molar-refractivity contribution in [3.63, 3.8) is 0 Å². The Morgan fingerprint density at radius 2 is 1.95 bits per heavy atom. The fraction of sp³-hybridized carbons (Fsp3) is 0.933. The average molecular weight is 268 g/mol. The van der Waals surface area contributed by atoms with E-state index in [4.69, 9.17) is 4.74 Å².